The van der Waals surface area contributed by atoms with Gasteiger partial charge in [-0.3, -0.25) is 0 Å². The maximum atomic E-state index is 5.10. The Hall–Kier alpha value is -0.160. The van der Waals surface area contributed by atoms with Gasteiger partial charge < -0.3 is 19.9 Å². The van der Waals surface area contributed by atoms with Crippen LogP contribution < -0.4 is 5.32 Å². The van der Waals surface area contributed by atoms with Crippen molar-refractivity contribution in [3.8, 4) is 0 Å². The van der Waals surface area contributed by atoms with E-state index in [0.717, 1.165) is 19.7 Å². The molecule has 0 aromatic heterocycles. The summed E-state index contributed by atoms with van der Waals surface area (Å²) >= 11 is 0. The zero-order valence-electron chi connectivity index (χ0n) is 12.6. The maximum Gasteiger partial charge on any atom is 0.0589 e. The fraction of sp³-hybridized carbons (Fsp3) is 1.00. The van der Waals surface area contributed by atoms with Crippen molar-refractivity contribution in [1.29, 1.82) is 0 Å². The average molecular weight is 257 g/mol. The van der Waals surface area contributed by atoms with Gasteiger partial charge in [0.15, 0.2) is 0 Å². The molecule has 0 aromatic rings. The van der Waals surface area contributed by atoms with E-state index in [1.807, 2.05) is 0 Å². The van der Waals surface area contributed by atoms with E-state index in [4.69, 9.17) is 4.74 Å². The summed E-state index contributed by atoms with van der Waals surface area (Å²) < 4.78 is 5.10. The molecule has 1 aliphatic rings. The average Bonchev–Trinajstić information content (AvgIpc) is 2.33. The molecule has 1 unspecified atom stereocenters. The topological polar surface area (TPSA) is 27.7 Å². The third-order valence-electron chi connectivity index (χ3n) is 3.55. The summed E-state index contributed by atoms with van der Waals surface area (Å²) in [5.74, 6) is 0. The lowest BCUT2D eigenvalue weighted by Crippen LogP contribution is -2.49. The Labute approximate surface area is 113 Å². The predicted molar refractivity (Wildman–Crippen MR) is 77.1 cm³/mol. The molecule has 0 amide bonds. The monoisotopic (exact) mass is 257 g/mol. The molecule has 0 saturated carbocycles. The number of ether oxygens (including phenoxy) is 1. The lowest BCUT2D eigenvalue weighted by molar-refractivity contribution is 0.137. The van der Waals surface area contributed by atoms with Crippen molar-refractivity contribution in [2.24, 2.45) is 0 Å². The summed E-state index contributed by atoms with van der Waals surface area (Å²) in [6.45, 7) is 11.1. The van der Waals surface area contributed by atoms with E-state index in [9.17, 15) is 0 Å². The van der Waals surface area contributed by atoms with Crippen molar-refractivity contribution in [3.05, 3.63) is 0 Å². The van der Waals surface area contributed by atoms with Gasteiger partial charge in [0.1, 0.15) is 0 Å². The molecule has 0 bridgehead atoms. The summed E-state index contributed by atoms with van der Waals surface area (Å²) in [5, 5.41) is 3.66. The molecule has 0 radical (unpaired) electrons. The lowest BCUT2D eigenvalue weighted by Gasteiger charge is -2.35. The van der Waals surface area contributed by atoms with Crippen molar-refractivity contribution < 1.29 is 4.74 Å². The number of rotatable bonds is 8. The van der Waals surface area contributed by atoms with E-state index in [1.54, 1.807) is 7.11 Å². The van der Waals surface area contributed by atoms with Crippen molar-refractivity contribution in [3.63, 3.8) is 0 Å². The molecule has 0 aliphatic carbocycles. The number of nitrogens with one attached hydrogen (secondary N) is 1. The molecule has 1 heterocycles. The van der Waals surface area contributed by atoms with Crippen LogP contribution in [-0.2, 0) is 4.74 Å². The zero-order valence-corrected chi connectivity index (χ0v) is 12.6. The Morgan fingerprint density at radius 2 is 2.17 bits per heavy atom. The molecule has 1 N–H and O–H groups in total. The highest BCUT2D eigenvalue weighted by Gasteiger charge is 2.19. The van der Waals surface area contributed by atoms with E-state index in [0.29, 0.717) is 12.1 Å². The Balaban J connectivity index is 2.17. The fourth-order valence-corrected chi connectivity index (χ4v) is 2.54. The van der Waals surface area contributed by atoms with Crippen LogP contribution in [0.4, 0.5) is 0 Å². The molecule has 0 spiro atoms. The number of hydrogen-bond acceptors (Lipinski definition) is 4. The van der Waals surface area contributed by atoms with Gasteiger partial charge >= 0.3 is 0 Å². The summed E-state index contributed by atoms with van der Waals surface area (Å²) in [6.07, 6.45) is 2.65. The second kappa shape index (κ2) is 8.86. The molecule has 0 aromatic carbocycles. The van der Waals surface area contributed by atoms with Gasteiger partial charge in [0.2, 0.25) is 0 Å². The third-order valence-corrected chi connectivity index (χ3v) is 3.55. The second-order valence-electron chi connectivity index (χ2n) is 5.76. The van der Waals surface area contributed by atoms with Crippen molar-refractivity contribution >= 4 is 0 Å². The SMILES string of the molecule is COCCN(C)CCN1CCCC(NC(C)C)C1. The highest BCUT2D eigenvalue weighted by molar-refractivity contribution is 4.79. The van der Waals surface area contributed by atoms with Crippen LogP contribution in [0, 0.1) is 0 Å². The van der Waals surface area contributed by atoms with Crippen molar-refractivity contribution in [2.75, 3.05) is 53.5 Å². The van der Waals surface area contributed by atoms with Gasteiger partial charge in [-0.2, -0.15) is 0 Å². The van der Waals surface area contributed by atoms with E-state index in [1.165, 1.54) is 32.5 Å². The zero-order chi connectivity index (χ0) is 13.4. The first-order valence-electron chi connectivity index (χ1n) is 7.27. The van der Waals surface area contributed by atoms with Crippen LogP contribution in [0.5, 0.6) is 0 Å². The van der Waals surface area contributed by atoms with E-state index in [2.05, 4.69) is 36.0 Å². The van der Waals surface area contributed by atoms with Crippen LogP contribution in [0.2, 0.25) is 0 Å². The summed E-state index contributed by atoms with van der Waals surface area (Å²) in [5.41, 5.74) is 0. The van der Waals surface area contributed by atoms with Gasteiger partial charge in [-0.25, -0.2) is 0 Å². The molecular formula is C14H31N3O. The van der Waals surface area contributed by atoms with Crippen LogP contribution in [0.1, 0.15) is 26.7 Å². The largest absolute Gasteiger partial charge is 0.383 e. The molecule has 4 heteroatoms. The van der Waals surface area contributed by atoms with Crippen LogP contribution in [0.25, 0.3) is 0 Å². The number of hydrogen-bond donors (Lipinski definition) is 1. The number of nitrogens with zero attached hydrogens (tertiary/aromatic N) is 2. The summed E-state index contributed by atoms with van der Waals surface area (Å²) in [6, 6.07) is 1.28. The molecule has 1 rings (SSSR count). The molecular weight excluding hydrogens is 226 g/mol. The maximum absolute atomic E-state index is 5.10. The van der Waals surface area contributed by atoms with Gasteiger partial charge in [-0.1, -0.05) is 13.8 Å². The standard InChI is InChI=1S/C14H31N3O/c1-13(2)15-14-6-5-7-17(12-14)9-8-16(3)10-11-18-4/h13-15H,5-12H2,1-4H3. The first-order chi connectivity index (χ1) is 8.61. The van der Waals surface area contributed by atoms with Crippen LogP contribution in [0.15, 0.2) is 0 Å². The Morgan fingerprint density at radius 3 is 2.83 bits per heavy atom. The summed E-state index contributed by atoms with van der Waals surface area (Å²) in [4.78, 5) is 4.94. The van der Waals surface area contributed by atoms with Gasteiger partial charge in [-0.05, 0) is 26.4 Å². The van der Waals surface area contributed by atoms with Crippen LogP contribution >= 0.6 is 0 Å². The highest BCUT2D eigenvalue weighted by Crippen LogP contribution is 2.10. The Morgan fingerprint density at radius 1 is 1.39 bits per heavy atom. The molecule has 4 nitrogen and oxygen atoms in total. The third kappa shape index (κ3) is 6.69. The second-order valence-corrected chi connectivity index (χ2v) is 5.76. The van der Waals surface area contributed by atoms with E-state index >= 15 is 0 Å². The normalized spacial score (nSPS) is 22.0. The minimum absolute atomic E-state index is 0.597. The number of piperidine rings is 1. The van der Waals surface area contributed by atoms with Gasteiger partial charge in [0.05, 0.1) is 6.61 Å². The van der Waals surface area contributed by atoms with Crippen molar-refractivity contribution in [1.82, 2.24) is 15.1 Å². The molecule has 18 heavy (non-hydrogen) atoms. The minimum atomic E-state index is 0.597. The quantitative estimate of drug-likeness (QED) is 0.703. The molecule has 1 fully saturated rings. The molecule has 1 saturated heterocycles. The van der Waals surface area contributed by atoms with E-state index < -0.39 is 0 Å². The minimum Gasteiger partial charge on any atom is -0.383 e. The first kappa shape index (κ1) is 15.9. The number of methoxy groups -OCH3 is 1. The lowest BCUT2D eigenvalue weighted by atomic mass is 10.1. The number of likely N-dealkylation sites (N-methyl/N-ethyl adjacent to an activating group) is 1. The molecule has 108 valence electrons. The van der Waals surface area contributed by atoms with Crippen LogP contribution in [-0.4, -0.2) is 75.4 Å². The van der Waals surface area contributed by atoms with Crippen molar-refractivity contribution in [2.45, 2.75) is 38.8 Å². The smallest absolute Gasteiger partial charge is 0.0589 e. The Bertz CT molecular complexity index is 211. The molecule has 1 atom stereocenters. The highest BCUT2D eigenvalue weighted by atomic mass is 16.5. The van der Waals surface area contributed by atoms with Gasteiger partial charge in [-0.15, -0.1) is 0 Å². The fourth-order valence-electron chi connectivity index (χ4n) is 2.54. The van der Waals surface area contributed by atoms with Gasteiger partial charge in [0.25, 0.3) is 0 Å². The molecule has 1 aliphatic heterocycles. The van der Waals surface area contributed by atoms with Gasteiger partial charge in [0, 0.05) is 45.4 Å². The van der Waals surface area contributed by atoms with Crippen LogP contribution in [0.3, 0.4) is 0 Å². The Kier molecular flexibility index (Phi) is 7.82. The van der Waals surface area contributed by atoms with E-state index in [-0.39, 0.29) is 0 Å². The number of likely N-dealkylation sites (tertiary alicyclic amines) is 1. The predicted octanol–water partition coefficient (Wildman–Crippen LogP) is 1.03. The summed E-state index contributed by atoms with van der Waals surface area (Å²) in [7, 11) is 3.94. The first-order valence-corrected chi connectivity index (χ1v) is 7.27.